The predicted molar refractivity (Wildman–Crippen MR) is 57.2 cm³/mol. The van der Waals surface area contributed by atoms with Crippen molar-refractivity contribution >= 4 is 12.2 Å². The van der Waals surface area contributed by atoms with E-state index in [4.69, 9.17) is 0 Å². The third kappa shape index (κ3) is 6.28. The second kappa shape index (κ2) is 6.61. The molecular formula is C10H14F3NS. The van der Waals surface area contributed by atoms with Crippen molar-refractivity contribution in [2.24, 2.45) is 0 Å². The first-order valence-electron chi connectivity index (χ1n) is 4.67. The van der Waals surface area contributed by atoms with Gasteiger partial charge < -0.3 is 4.98 Å². The summed E-state index contributed by atoms with van der Waals surface area (Å²) in [6.07, 6.45) is -0.804. The number of H-pyrrole nitrogens is 1. The molecule has 0 saturated carbocycles. The number of aromatic amines is 1. The molecule has 0 amide bonds. The van der Waals surface area contributed by atoms with Crippen LogP contribution < -0.4 is 0 Å². The van der Waals surface area contributed by atoms with Crippen molar-refractivity contribution in [2.75, 3.05) is 0 Å². The van der Waals surface area contributed by atoms with Gasteiger partial charge in [0.15, 0.2) is 0 Å². The van der Waals surface area contributed by atoms with Gasteiger partial charge in [-0.25, -0.2) is 0 Å². The molecule has 0 aliphatic heterocycles. The summed E-state index contributed by atoms with van der Waals surface area (Å²) in [4.78, 5) is 2.30. The van der Waals surface area contributed by atoms with Gasteiger partial charge in [-0.15, -0.1) is 0 Å². The lowest BCUT2D eigenvalue weighted by Crippen LogP contribution is -2.04. The number of pyridine rings is 1. The van der Waals surface area contributed by atoms with Crippen LogP contribution in [0, 0.1) is 4.64 Å². The summed E-state index contributed by atoms with van der Waals surface area (Å²) in [6, 6.07) is 2.15. The minimum Gasteiger partial charge on any atom is -0.352 e. The smallest absolute Gasteiger partial charge is 0.352 e. The number of nitrogens with one attached hydrogen (secondary N) is 1. The molecule has 0 bridgehead atoms. The monoisotopic (exact) mass is 237 g/mol. The van der Waals surface area contributed by atoms with E-state index >= 15 is 0 Å². The highest BCUT2D eigenvalue weighted by molar-refractivity contribution is 7.71. The molecule has 0 aromatic carbocycles. The Morgan fingerprint density at radius 2 is 1.73 bits per heavy atom. The van der Waals surface area contributed by atoms with E-state index in [1.54, 1.807) is 0 Å². The molecule has 1 aromatic heterocycles. The molecule has 0 spiro atoms. The van der Waals surface area contributed by atoms with E-state index in [0.717, 1.165) is 12.3 Å². The molecule has 0 radical (unpaired) electrons. The van der Waals surface area contributed by atoms with Crippen molar-refractivity contribution in [3.8, 4) is 0 Å². The van der Waals surface area contributed by atoms with E-state index in [2.05, 4.69) is 31.0 Å². The molecule has 1 heterocycles. The fraction of sp³-hybridized carbons (Fsp3) is 0.500. The van der Waals surface area contributed by atoms with E-state index in [-0.39, 0.29) is 4.64 Å². The fourth-order valence-electron chi connectivity index (χ4n) is 0.587. The Balaban J connectivity index is 0.000000423. The van der Waals surface area contributed by atoms with Gasteiger partial charge in [0.2, 0.25) is 0 Å². The van der Waals surface area contributed by atoms with Crippen molar-refractivity contribution < 1.29 is 13.2 Å². The van der Waals surface area contributed by atoms with Crippen LogP contribution in [0.1, 0.15) is 32.3 Å². The zero-order chi connectivity index (χ0) is 11.9. The SMILES string of the molecule is CCCC.FC(F)(F)c1ccc(=S)[nH]c1. The summed E-state index contributed by atoms with van der Waals surface area (Å²) < 4.78 is 35.9. The van der Waals surface area contributed by atoms with E-state index in [1.165, 1.54) is 18.9 Å². The van der Waals surface area contributed by atoms with Crippen LogP contribution in [0.15, 0.2) is 18.3 Å². The maximum atomic E-state index is 11.9. The minimum atomic E-state index is -4.29. The molecule has 0 aliphatic carbocycles. The lowest BCUT2D eigenvalue weighted by atomic mass is 10.3. The van der Waals surface area contributed by atoms with Crippen LogP contribution in [0.25, 0.3) is 0 Å². The number of unbranched alkanes of at least 4 members (excludes halogenated alkanes) is 1. The molecule has 1 nitrogen and oxygen atoms in total. The lowest BCUT2D eigenvalue weighted by Gasteiger charge is -2.04. The molecule has 0 atom stereocenters. The Kier molecular flexibility index (Phi) is 6.24. The van der Waals surface area contributed by atoms with Crippen LogP contribution in [0.5, 0.6) is 0 Å². The Hall–Kier alpha value is -0.840. The summed E-state index contributed by atoms with van der Waals surface area (Å²) >= 11 is 4.57. The van der Waals surface area contributed by atoms with Crippen molar-refractivity contribution in [3.05, 3.63) is 28.5 Å². The first-order chi connectivity index (χ1) is 6.91. The van der Waals surface area contributed by atoms with Crippen LogP contribution in [-0.4, -0.2) is 4.98 Å². The highest BCUT2D eigenvalue weighted by Crippen LogP contribution is 2.27. The first-order valence-corrected chi connectivity index (χ1v) is 5.08. The summed E-state index contributed by atoms with van der Waals surface area (Å²) in [7, 11) is 0. The number of hydrogen-bond acceptors (Lipinski definition) is 1. The van der Waals surface area contributed by atoms with Crippen molar-refractivity contribution in [1.29, 1.82) is 0 Å². The highest BCUT2D eigenvalue weighted by Gasteiger charge is 2.30. The van der Waals surface area contributed by atoms with Gasteiger partial charge in [0.1, 0.15) is 4.64 Å². The summed E-state index contributed by atoms with van der Waals surface area (Å²) in [6.45, 7) is 4.36. The Morgan fingerprint density at radius 1 is 1.20 bits per heavy atom. The number of aromatic nitrogens is 1. The molecular weight excluding hydrogens is 223 g/mol. The summed E-state index contributed by atoms with van der Waals surface area (Å²) in [5, 5.41) is 0. The van der Waals surface area contributed by atoms with Crippen LogP contribution in [0.4, 0.5) is 13.2 Å². The van der Waals surface area contributed by atoms with Gasteiger partial charge in [-0.2, -0.15) is 13.2 Å². The van der Waals surface area contributed by atoms with Crippen molar-refractivity contribution in [3.63, 3.8) is 0 Å². The zero-order valence-electron chi connectivity index (χ0n) is 8.69. The van der Waals surface area contributed by atoms with Crippen molar-refractivity contribution in [1.82, 2.24) is 4.98 Å². The van der Waals surface area contributed by atoms with E-state index < -0.39 is 11.7 Å². The Morgan fingerprint density at radius 3 is 2.00 bits per heavy atom. The minimum absolute atomic E-state index is 0.290. The third-order valence-corrected chi connectivity index (χ3v) is 1.87. The molecule has 1 rings (SSSR count). The molecule has 86 valence electrons. The maximum absolute atomic E-state index is 11.9. The van der Waals surface area contributed by atoms with Gasteiger partial charge in [-0.3, -0.25) is 0 Å². The number of halogens is 3. The second-order valence-electron chi connectivity index (χ2n) is 2.94. The van der Waals surface area contributed by atoms with E-state index in [0.29, 0.717) is 0 Å². The van der Waals surface area contributed by atoms with Gasteiger partial charge in [0.25, 0.3) is 0 Å². The van der Waals surface area contributed by atoms with Gasteiger partial charge in [0, 0.05) is 6.20 Å². The normalized spacial score (nSPS) is 10.5. The van der Waals surface area contributed by atoms with E-state index in [1.807, 2.05) is 0 Å². The maximum Gasteiger partial charge on any atom is 0.417 e. The Bertz CT molecular complexity index is 308. The van der Waals surface area contributed by atoms with Gasteiger partial charge in [-0.05, 0) is 12.1 Å². The van der Waals surface area contributed by atoms with Gasteiger partial charge in [0.05, 0.1) is 5.56 Å². The molecule has 0 saturated heterocycles. The average Bonchev–Trinajstić information content (AvgIpc) is 2.17. The first kappa shape index (κ1) is 14.2. The second-order valence-corrected chi connectivity index (χ2v) is 3.38. The molecule has 1 aromatic rings. The third-order valence-electron chi connectivity index (χ3n) is 1.61. The van der Waals surface area contributed by atoms with Crippen LogP contribution >= 0.6 is 12.2 Å². The molecule has 0 aliphatic rings. The molecule has 1 N–H and O–H groups in total. The topological polar surface area (TPSA) is 15.8 Å². The molecule has 15 heavy (non-hydrogen) atoms. The number of rotatable bonds is 1. The van der Waals surface area contributed by atoms with Gasteiger partial charge >= 0.3 is 6.18 Å². The Labute approximate surface area is 92.3 Å². The van der Waals surface area contributed by atoms with Crippen molar-refractivity contribution in [2.45, 2.75) is 32.9 Å². The standard InChI is InChI=1S/C6H4F3NS.C4H10/c7-6(8,9)4-1-2-5(11)10-3-4;1-3-4-2/h1-3H,(H,10,11);3-4H2,1-2H3. The number of alkyl halides is 3. The number of hydrogen-bond donors (Lipinski definition) is 1. The quantitative estimate of drug-likeness (QED) is 0.707. The van der Waals surface area contributed by atoms with Crippen LogP contribution in [0.2, 0.25) is 0 Å². The molecule has 0 fully saturated rings. The zero-order valence-corrected chi connectivity index (χ0v) is 9.50. The van der Waals surface area contributed by atoms with Crippen LogP contribution in [-0.2, 0) is 6.18 Å². The van der Waals surface area contributed by atoms with Gasteiger partial charge in [-0.1, -0.05) is 38.9 Å². The molecule has 5 heteroatoms. The molecule has 0 unspecified atom stereocenters. The average molecular weight is 237 g/mol. The predicted octanol–water partition coefficient (Wildman–Crippen LogP) is 4.57. The largest absolute Gasteiger partial charge is 0.417 e. The van der Waals surface area contributed by atoms with Crippen LogP contribution in [0.3, 0.4) is 0 Å². The summed E-state index contributed by atoms with van der Waals surface area (Å²) in [5.74, 6) is 0. The fourth-order valence-corrected chi connectivity index (χ4v) is 0.714. The summed E-state index contributed by atoms with van der Waals surface area (Å²) in [5.41, 5.74) is -0.717. The van der Waals surface area contributed by atoms with E-state index in [9.17, 15) is 13.2 Å². The lowest BCUT2D eigenvalue weighted by molar-refractivity contribution is -0.137. The highest BCUT2D eigenvalue weighted by atomic mass is 32.1.